The van der Waals surface area contributed by atoms with Crippen molar-refractivity contribution in [3.63, 3.8) is 0 Å². The maximum Gasteiger partial charge on any atom is 0.0785 e. The van der Waals surface area contributed by atoms with Crippen molar-refractivity contribution in [2.45, 2.75) is 0 Å². The minimum atomic E-state index is 0. The number of para-hydroxylation sites is 1. The van der Waals surface area contributed by atoms with Crippen molar-refractivity contribution in [2.24, 2.45) is 0 Å². The number of alkyl halides is 1. The summed E-state index contributed by atoms with van der Waals surface area (Å²) < 4.78 is 9.50. The van der Waals surface area contributed by atoms with Crippen molar-refractivity contribution in [1.82, 2.24) is 4.98 Å². The minimum absolute atomic E-state index is 0. The Labute approximate surface area is 97.2 Å². The third-order valence-electron chi connectivity index (χ3n) is 1.51. The number of benzene rings is 1. The topological polar surface area (TPSA) is 12.9 Å². The Balaban J connectivity index is 0.000000451. The molecule has 13 heavy (non-hydrogen) atoms. The Morgan fingerprint density at radius 1 is 1.00 bits per heavy atom. The molecule has 0 radical (unpaired) electrons. The van der Waals surface area contributed by atoms with Crippen LogP contribution in [0.2, 0.25) is 0 Å². The first-order valence-corrected chi connectivity index (χ1v) is 3.64. The van der Waals surface area contributed by atoms with Crippen LogP contribution in [0.4, 0.5) is 4.39 Å². The van der Waals surface area contributed by atoms with E-state index in [9.17, 15) is 4.39 Å². The van der Waals surface area contributed by atoms with Crippen molar-refractivity contribution in [3.8, 4) is 0 Å². The third kappa shape index (κ3) is 3.38. The summed E-state index contributed by atoms with van der Waals surface area (Å²) in [4.78, 5) is 4.18. The van der Waals surface area contributed by atoms with Gasteiger partial charge in [0, 0.05) is 38.9 Å². The van der Waals surface area contributed by atoms with Crippen molar-refractivity contribution in [2.75, 3.05) is 7.18 Å². The number of nitrogens with zero attached hydrogens (tertiary/aromatic N) is 1. The summed E-state index contributed by atoms with van der Waals surface area (Å²) >= 11 is 0. The van der Waals surface area contributed by atoms with Gasteiger partial charge in [0.15, 0.2) is 0 Å². The number of rotatable bonds is 0. The van der Waals surface area contributed by atoms with E-state index in [0.717, 1.165) is 5.52 Å². The zero-order valence-corrected chi connectivity index (χ0v) is 11.6. The van der Waals surface area contributed by atoms with E-state index in [-0.39, 0.29) is 27.3 Å². The number of halogens is 1. The van der Waals surface area contributed by atoms with Gasteiger partial charge in [-0.05, 0) is 12.1 Å². The van der Waals surface area contributed by atoms with Gasteiger partial charge in [0.05, 0.1) is 12.7 Å². The molecule has 1 aromatic carbocycles. The molecule has 3 heteroatoms. The maximum atomic E-state index is 9.50. The molecule has 0 atom stereocenters. The minimum Gasteiger partial charge on any atom is -0.256 e. The molecule has 0 spiro atoms. The number of pyridine rings is 1. The molecular formula is C10H10CdFN. The molecule has 64 valence electrons. The van der Waals surface area contributed by atoms with E-state index in [2.05, 4.69) is 17.1 Å². The van der Waals surface area contributed by atoms with Crippen LogP contribution in [0, 0.1) is 0 Å². The molecule has 0 N–H and O–H groups in total. The molecule has 2 rings (SSSR count). The molecular weight excluding hydrogens is 266 g/mol. The molecule has 0 saturated carbocycles. The standard InChI is InChI=1S/C9H7N.CH3F.Cd/c1-2-6-9-8(4-1)5-3-7-10-9;1-2;/h1-7H;1H3;. The quantitative estimate of drug-likeness (QED) is 0.674. The van der Waals surface area contributed by atoms with E-state index in [1.807, 2.05) is 30.5 Å². The van der Waals surface area contributed by atoms with Crippen LogP contribution in [0.15, 0.2) is 42.6 Å². The van der Waals surface area contributed by atoms with Crippen molar-refractivity contribution < 1.29 is 31.7 Å². The van der Waals surface area contributed by atoms with Crippen LogP contribution in [0.25, 0.3) is 10.9 Å². The van der Waals surface area contributed by atoms with Gasteiger partial charge in [-0.1, -0.05) is 24.3 Å². The summed E-state index contributed by atoms with van der Waals surface area (Å²) in [6, 6.07) is 12.1. The van der Waals surface area contributed by atoms with E-state index in [4.69, 9.17) is 0 Å². The smallest absolute Gasteiger partial charge is 0.0785 e. The van der Waals surface area contributed by atoms with Crippen molar-refractivity contribution >= 4 is 10.9 Å². The second-order valence-electron chi connectivity index (χ2n) is 2.20. The molecule has 0 unspecified atom stereocenters. The average molecular weight is 276 g/mol. The van der Waals surface area contributed by atoms with Crippen LogP contribution in [-0.2, 0) is 27.3 Å². The third-order valence-corrected chi connectivity index (χ3v) is 1.51. The Kier molecular flexibility index (Phi) is 6.66. The van der Waals surface area contributed by atoms with Gasteiger partial charge in [0.1, 0.15) is 0 Å². The largest absolute Gasteiger partial charge is 0.256 e. The predicted molar refractivity (Wildman–Crippen MR) is 48.8 cm³/mol. The summed E-state index contributed by atoms with van der Waals surface area (Å²) in [6.07, 6.45) is 1.81. The van der Waals surface area contributed by atoms with Crippen molar-refractivity contribution in [3.05, 3.63) is 42.6 Å². The van der Waals surface area contributed by atoms with Gasteiger partial charge in [0.2, 0.25) is 0 Å². The Hall–Kier alpha value is -0.518. The zero-order chi connectivity index (χ0) is 8.81. The van der Waals surface area contributed by atoms with E-state index in [1.54, 1.807) is 0 Å². The first-order valence-electron chi connectivity index (χ1n) is 3.64. The molecule has 2 aromatic rings. The van der Waals surface area contributed by atoms with Crippen LogP contribution in [0.3, 0.4) is 0 Å². The molecule has 0 aliphatic rings. The van der Waals surface area contributed by atoms with Crippen LogP contribution in [0.5, 0.6) is 0 Å². The fraction of sp³-hybridized carbons (Fsp3) is 0.100. The molecule has 1 heterocycles. The fourth-order valence-electron chi connectivity index (χ4n) is 1.02. The van der Waals surface area contributed by atoms with Gasteiger partial charge in [-0.3, -0.25) is 9.37 Å². The summed E-state index contributed by atoms with van der Waals surface area (Å²) in [5.74, 6) is 0. The molecule has 0 amide bonds. The second-order valence-corrected chi connectivity index (χ2v) is 2.20. The van der Waals surface area contributed by atoms with Gasteiger partial charge in [-0.25, -0.2) is 0 Å². The summed E-state index contributed by atoms with van der Waals surface area (Å²) in [5.41, 5.74) is 1.06. The van der Waals surface area contributed by atoms with Crippen LogP contribution in [0.1, 0.15) is 0 Å². The molecule has 0 aliphatic heterocycles. The predicted octanol–water partition coefficient (Wildman–Crippen LogP) is 2.82. The first kappa shape index (κ1) is 12.5. The summed E-state index contributed by atoms with van der Waals surface area (Å²) in [7, 11) is 0.500. The molecule has 1 nitrogen and oxygen atoms in total. The molecule has 0 saturated heterocycles. The first-order chi connectivity index (χ1) is 5.97. The number of aromatic nitrogens is 1. The Morgan fingerprint density at radius 3 is 2.31 bits per heavy atom. The molecule has 1 aromatic heterocycles. The fourth-order valence-corrected chi connectivity index (χ4v) is 1.02. The van der Waals surface area contributed by atoms with E-state index >= 15 is 0 Å². The van der Waals surface area contributed by atoms with Crippen molar-refractivity contribution in [1.29, 1.82) is 0 Å². The monoisotopic (exact) mass is 277 g/mol. The second kappa shape index (κ2) is 6.94. The van der Waals surface area contributed by atoms with Crippen LogP contribution in [-0.4, -0.2) is 12.2 Å². The summed E-state index contributed by atoms with van der Waals surface area (Å²) in [5, 5.41) is 1.20. The molecule has 0 fully saturated rings. The van der Waals surface area contributed by atoms with Crippen LogP contribution >= 0.6 is 0 Å². The SMILES string of the molecule is CF.[Cd].c1ccc2ncccc2c1. The van der Waals surface area contributed by atoms with Gasteiger partial charge in [0.25, 0.3) is 0 Å². The van der Waals surface area contributed by atoms with Gasteiger partial charge in [-0.2, -0.15) is 0 Å². The zero-order valence-electron chi connectivity index (χ0n) is 7.57. The normalized spacial score (nSPS) is 8.15. The Bertz CT molecular complexity index is 286. The van der Waals surface area contributed by atoms with E-state index in [0.29, 0.717) is 7.18 Å². The molecule has 0 aliphatic carbocycles. The Morgan fingerprint density at radius 2 is 1.62 bits per heavy atom. The number of hydrogen-bond acceptors (Lipinski definition) is 1. The van der Waals surface area contributed by atoms with E-state index < -0.39 is 0 Å². The molecule has 0 bridgehead atoms. The van der Waals surface area contributed by atoms with Crippen LogP contribution < -0.4 is 0 Å². The number of hydrogen-bond donors (Lipinski definition) is 0. The van der Waals surface area contributed by atoms with Gasteiger partial charge < -0.3 is 0 Å². The number of fused-ring (bicyclic) bond motifs is 1. The van der Waals surface area contributed by atoms with E-state index in [1.165, 1.54) is 5.39 Å². The van der Waals surface area contributed by atoms with Gasteiger partial charge >= 0.3 is 0 Å². The van der Waals surface area contributed by atoms with Gasteiger partial charge in [-0.15, -0.1) is 0 Å². The average Bonchev–Trinajstić information content (AvgIpc) is 2.21. The maximum absolute atomic E-state index is 9.50. The summed E-state index contributed by atoms with van der Waals surface area (Å²) in [6.45, 7) is 0.